The van der Waals surface area contributed by atoms with Gasteiger partial charge in [0.1, 0.15) is 0 Å². The van der Waals surface area contributed by atoms with E-state index in [-0.39, 0.29) is 0 Å². The Morgan fingerprint density at radius 3 is 1.93 bits per heavy atom. The van der Waals surface area contributed by atoms with Crippen LogP contribution in [0.3, 0.4) is 0 Å². The maximum atomic E-state index is 6.12. The molecule has 0 N–H and O–H groups in total. The summed E-state index contributed by atoms with van der Waals surface area (Å²) in [5.41, 5.74) is 3.70. The molecular formula is C42H80. The Morgan fingerprint density at radius 1 is 0.833 bits per heavy atom. The molecule has 42 heavy (non-hydrogen) atoms. The molecule has 0 heterocycles. The van der Waals surface area contributed by atoms with Crippen molar-refractivity contribution < 1.29 is 0 Å². The molecule has 0 heteroatoms. The summed E-state index contributed by atoms with van der Waals surface area (Å²) in [7, 11) is 0. The zero-order valence-electron chi connectivity index (χ0n) is 31.7. The lowest BCUT2D eigenvalue weighted by molar-refractivity contribution is -0.0518. The standard InChI is InChI=1S/C30H48.C6H14.3C2H6/c1-20(2)9-8-10-22(5)26-13-14-27-25-12-11-24-19-23(21(3)4)15-17-29(24,6)28(25)16-18-30(26,27)7;1-4-5-6(2)3;3*1-2/h3,11,20,22-23,25-28H,4,8-10,12-19H2,1-2,5-7H3;6H,4-5H2,1-3H3;3*1-2H3/t22-,23+,25+,26-,27+,28+,29+,30-;;;;/m1..../s1. The van der Waals surface area contributed by atoms with Crippen LogP contribution in [0.1, 0.15) is 180 Å². The first-order chi connectivity index (χ1) is 19.9. The van der Waals surface area contributed by atoms with Gasteiger partial charge in [-0.15, -0.1) is 0 Å². The van der Waals surface area contributed by atoms with Crippen molar-refractivity contribution in [1.29, 1.82) is 0 Å². The van der Waals surface area contributed by atoms with Crippen LogP contribution >= 0.6 is 0 Å². The Hall–Kier alpha value is -0.520. The summed E-state index contributed by atoms with van der Waals surface area (Å²) in [5, 5.41) is 0. The number of fused-ring (bicyclic) bond motifs is 5. The van der Waals surface area contributed by atoms with Crippen LogP contribution in [0, 0.1) is 71.7 Å². The summed E-state index contributed by atoms with van der Waals surface area (Å²) in [5.74, 6) is 6.96. The second kappa shape index (κ2) is 20.5. The van der Waals surface area contributed by atoms with E-state index >= 15 is 0 Å². The minimum atomic E-state index is 0.442. The van der Waals surface area contributed by atoms with Crippen LogP contribution in [0.5, 0.6) is 0 Å². The molecule has 0 bridgehead atoms. The van der Waals surface area contributed by atoms with Crippen molar-refractivity contribution in [3.8, 4) is 0 Å². The zero-order chi connectivity index (χ0) is 32.7. The third-order valence-corrected chi connectivity index (χ3v) is 11.7. The van der Waals surface area contributed by atoms with E-state index in [1.54, 1.807) is 5.57 Å². The van der Waals surface area contributed by atoms with Crippen molar-refractivity contribution >= 4 is 0 Å². The van der Waals surface area contributed by atoms with E-state index in [0.29, 0.717) is 16.7 Å². The van der Waals surface area contributed by atoms with Crippen molar-refractivity contribution in [3.63, 3.8) is 0 Å². The lowest BCUT2D eigenvalue weighted by Crippen LogP contribution is -2.50. The molecule has 0 aliphatic heterocycles. The average molecular weight is 585 g/mol. The molecule has 0 aromatic carbocycles. The van der Waals surface area contributed by atoms with Gasteiger partial charge in [0, 0.05) is 0 Å². The van der Waals surface area contributed by atoms with Crippen molar-refractivity contribution in [3.05, 3.63) is 30.7 Å². The van der Waals surface area contributed by atoms with Gasteiger partial charge in [0.25, 0.3) is 0 Å². The smallest absolute Gasteiger partial charge is 0.00849 e. The molecule has 0 aromatic rings. The fraction of sp³-hybridized carbons (Fsp3) is 0.881. The third kappa shape index (κ3) is 10.5. The lowest BCUT2D eigenvalue weighted by Gasteiger charge is -2.58. The van der Waals surface area contributed by atoms with Gasteiger partial charge in [0.05, 0.1) is 0 Å². The highest BCUT2D eigenvalue weighted by Gasteiger charge is 2.59. The van der Waals surface area contributed by atoms with Gasteiger partial charge in [0.2, 0.25) is 0 Å². The molecule has 0 aromatic heterocycles. The van der Waals surface area contributed by atoms with Gasteiger partial charge in [-0.3, -0.25) is 0 Å². The van der Waals surface area contributed by atoms with E-state index in [2.05, 4.69) is 68.4 Å². The van der Waals surface area contributed by atoms with Crippen molar-refractivity contribution in [2.75, 3.05) is 0 Å². The van der Waals surface area contributed by atoms with Crippen LogP contribution in [0.15, 0.2) is 17.2 Å². The first-order valence-electron chi connectivity index (χ1n) is 19.1. The molecule has 3 saturated carbocycles. The van der Waals surface area contributed by atoms with Crippen LogP contribution in [-0.4, -0.2) is 0 Å². The predicted octanol–water partition coefficient (Wildman–Crippen LogP) is 14.4. The SMILES string of the molecule is CC.CC.CC.CCCC(C)C.[CH]=C([CH2])[C@H]1CC[C@@]2(C)C(=CC[C@H]3[C@@H]4CC[C@H]([C@H](C)CCCC(C)C)[C@@]4(C)CC[C@@H]32)C1. The second-order valence-electron chi connectivity index (χ2n) is 15.0. The minimum absolute atomic E-state index is 0.442. The van der Waals surface area contributed by atoms with Crippen LogP contribution in [0.4, 0.5) is 0 Å². The van der Waals surface area contributed by atoms with Crippen molar-refractivity contribution in [2.24, 2.45) is 58.2 Å². The van der Waals surface area contributed by atoms with Gasteiger partial charge in [-0.25, -0.2) is 0 Å². The second-order valence-corrected chi connectivity index (χ2v) is 15.0. The van der Waals surface area contributed by atoms with Gasteiger partial charge in [-0.2, -0.15) is 0 Å². The first-order valence-corrected chi connectivity index (χ1v) is 19.1. The highest BCUT2D eigenvalue weighted by molar-refractivity contribution is 5.27. The van der Waals surface area contributed by atoms with E-state index in [1.165, 1.54) is 83.5 Å². The van der Waals surface area contributed by atoms with Gasteiger partial charge >= 0.3 is 0 Å². The van der Waals surface area contributed by atoms with Gasteiger partial charge in [-0.05, 0) is 116 Å². The zero-order valence-corrected chi connectivity index (χ0v) is 31.7. The molecule has 248 valence electrons. The molecule has 4 rings (SSSR count). The average Bonchev–Trinajstić information content (AvgIpc) is 3.33. The Morgan fingerprint density at radius 2 is 1.43 bits per heavy atom. The topological polar surface area (TPSA) is 0 Å². The van der Waals surface area contributed by atoms with Gasteiger partial charge in [-0.1, -0.05) is 153 Å². The molecule has 4 aliphatic carbocycles. The fourth-order valence-corrected chi connectivity index (χ4v) is 9.58. The van der Waals surface area contributed by atoms with Crippen LogP contribution < -0.4 is 0 Å². The summed E-state index contributed by atoms with van der Waals surface area (Å²) in [6.45, 7) is 41.6. The molecule has 0 unspecified atom stereocenters. The maximum absolute atomic E-state index is 6.12. The summed E-state index contributed by atoms with van der Waals surface area (Å²) in [6, 6.07) is 0. The van der Waals surface area contributed by atoms with E-state index in [1.807, 2.05) is 41.5 Å². The van der Waals surface area contributed by atoms with Crippen molar-refractivity contribution in [1.82, 2.24) is 0 Å². The minimum Gasteiger partial charge on any atom is -0.0845 e. The fourth-order valence-electron chi connectivity index (χ4n) is 9.58. The van der Waals surface area contributed by atoms with Gasteiger partial charge in [0.15, 0.2) is 0 Å². The van der Waals surface area contributed by atoms with E-state index < -0.39 is 0 Å². The molecule has 2 radical (unpaired) electrons. The Bertz CT molecular complexity index is 739. The Kier molecular flexibility index (Phi) is 20.2. The van der Waals surface area contributed by atoms with Crippen LogP contribution in [0.2, 0.25) is 0 Å². The molecule has 4 aliphatic rings. The third-order valence-electron chi connectivity index (χ3n) is 11.7. The largest absolute Gasteiger partial charge is 0.0845 e. The predicted molar refractivity (Wildman–Crippen MR) is 193 cm³/mol. The normalized spacial score (nSPS) is 33.4. The lowest BCUT2D eigenvalue weighted by atomic mass is 9.46. The molecule has 0 spiro atoms. The monoisotopic (exact) mass is 585 g/mol. The molecule has 0 amide bonds. The van der Waals surface area contributed by atoms with Crippen LogP contribution in [-0.2, 0) is 0 Å². The highest BCUT2D eigenvalue weighted by Crippen LogP contribution is 2.67. The summed E-state index contributed by atoms with van der Waals surface area (Å²) < 4.78 is 0. The molecular weight excluding hydrogens is 504 g/mol. The number of hydrogen-bond donors (Lipinski definition) is 0. The number of rotatable bonds is 8. The molecule has 0 nitrogen and oxygen atoms in total. The molecule has 3 fully saturated rings. The quantitative estimate of drug-likeness (QED) is 0.249. The first kappa shape index (κ1) is 41.5. The van der Waals surface area contributed by atoms with E-state index in [4.69, 9.17) is 6.58 Å². The van der Waals surface area contributed by atoms with E-state index in [0.717, 1.165) is 47.0 Å². The summed E-state index contributed by atoms with van der Waals surface area (Å²) in [4.78, 5) is 0. The maximum Gasteiger partial charge on any atom is -0.00849 e. The Labute approximate surface area is 268 Å². The molecule has 8 atom stereocenters. The summed E-state index contributed by atoms with van der Waals surface area (Å²) in [6.07, 6.45) is 20.7. The number of hydrogen-bond acceptors (Lipinski definition) is 0. The Balaban J connectivity index is 0.00000122. The van der Waals surface area contributed by atoms with E-state index in [9.17, 15) is 0 Å². The molecule has 0 saturated heterocycles. The van der Waals surface area contributed by atoms with Gasteiger partial charge < -0.3 is 0 Å². The summed E-state index contributed by atoms with van der Waals surface area (Å²) >= 11 is 0. The van der Waals surface area contributed by atoms with Crippen molar-refractivity contribution in [2.45, 2.75) is 180 Å². The number of allylic oxidation sites excluding steroid dienone is 3. The highest BCUT2D eigenvalue weighted by atomic mass is 14.6. The van der Waals surface area contributed by atoms with Crippen LogP contribution in [0.25, 0.3) is 0 Å².